The summed E-state index contributed by atoms with van der Waals surface area (Å²) in [5.41, 5.74) is 1.84. The van der Waals surface area contributed by atoms with Crippen LogP contribution in [-0.4, -0.2) is 53.0 Å². The number of nitrogens with zero attached hydrogens (tertiary/aromatic N) is 2. The molecule has 3 amide bonds. The van der Waals surface area contributed by atoms with Crippen molar-refractivity contribution >= 4 is 23.3 Å². The minimum atomic E-state index is -0.480. The van der Waals surface area contributed by atoms with Crippen molar-refractivity contribution in [2.24, 2.45) is 0 Å². The average Bonchev–Trinajstić information content (AvgIpc) is 3.18. The predicted molar refractivity (Wildman–Crippen MR) is 129 cm³/mol. The second-order valence-electron chi connectivity index (χ2n) is 9.64. The number of carbonyl (C=O) groups excluding carboxylic acids is 2. The fourth-order valence-electron chi connectivity index (χ4n) is 3.85. The topological polar surface area (TPSA) is 61.9 Å². The summed E-state index contributed by atoms with van der Waals surface area (Å²) in [4.78, 5) is 31.1. The molecule has 0 saturated carbocycles. The number of rotatable bonds is 6. The molecule has 0 spiro atoms. The van der Waals surface area contributed by atoms with Gasteiger partial charge < -0.3 is 19.9 Å². The Bertz CT molecular complexity index is 931. The van der Waals surface area contributed by atoms with E-state index in [2.05, 4.69) is 16.8 Å². The number of hydrogen-bond acceptors (Lipinski definition) is 4. The lowest BCUT2D eigenvalue weighted by Crippen LogP contribution is -2.56. The minimum Gasteiger partial charge on any atom is -0.491 e. The molecule has 1 aliphatic rings. The fourth-order valence-corrected chi connectivity index (χ4v) is 4.78. The Balaban J connectivity index is 1.79. The van der Waals surface area contributed by atoms with Crippen molar-refractivity contribution in [3.05, 3.63) is 51.7 Å². The van der Waals surface area contributed by atoms with Crippen molar-refractivity contribution in [3.8, 4) is 5.75 Å². The zero-order chi connectivity index (χ0) is 23.5. The van der Waals surface area contributed by atoms with E-state index in [0.717, 1.165) is 17.7 Å². The Hall–Kier alpha value is -2.54. The van der Waals surface area contributed by atoms with Gasteiger partial charge in [-0.1, -0.05) is 17.7 Å². The van der Waals surface area contributed by atoms with Crippen LogP contribution in [0.25, 0.3) is 0 Å². The van der Waals surface area contributed by atoms with Crippen LogP contribution in [0.3, 0.4) is 0 Å². The van der Waals surface area contributed by atoms with Gasteiger partial charge in [0.05, 0.1) is 6.04 Å². The third-order valence-electron chi connectivity index (χ3n) is 5.60. The summed E-state index contributed by atoms with van der Waals surface area (Å²) in [7, 11) is 0. The number of urea groups is 1. The molecule has 0 aliphatic carbocycles. The summed E-state index contributed by atoms with van der Waals surface area (Å²) >= 11 is 1.73. The summed E-state index contributed by atoms with van der Waals surface area (Å²) in [5.74, 6) is 0.728. The molecule has 0 saturated heterocycles. The molecule has 2 aromatic rings. The van der Waals surface area contributed by atoms with Gasteiger partial charge in [0.25, 0.3) is 0 Å². The van der Waals surface area contributed by atoms with Crippen molar-refractivity contribution in [2.45, 2.75) is 65.6 Å². The van der Waals surface area contributed by atoms with Crippen LogP contribution < -0.4 is 10.1 Å². The fraction of sp³-hybridized carbons (Fsp3) is 0.520. The van der Waals surface area contributed by atoms with Gasteiger partial charge in [-0.2, -0.15) is 0 Å². The van der Waals surface area contributed by atoms with Gasteiger partial charge in [0.1, 0.15) is 18.9 Å². The molecule has 1 atom stereocenters. The summed E-state index contributed by atoms with van der Waals surface area (Å²) < 4.78 is 6.10. The number of carbonyl (C=O) groups is 2. The van der Waals surface area contributed by atoms with Gasteiger partial charge in [0, 0.05) is 23.0 Å². The van der Waals surface area contributed by atoms with Gasteiger partial charge in [-0.15, -0.1) is 11.3 Å². The van der Waals surface area contributed by atoms with Gasteiger partial charge in [-0.05, 0) is 77.1 Å². The van der Waals surface area contributed by atoms with Crippen molar-refractivity contribution < 1.29 is 14.3 Å². The quantitative estimate of drug-likeness (QED) is 0.679. The lowest BCUT2D eigenvalue weighted by Gasteiger charge is -2.40. The van der Waals surface area contributed by atoms with Crippen LogP contribution >= 0.6 is 11.3 Å². The van der Waals surface area contributed by atoms with Crippen LogP contribution in [0.4, 0.5) is 4.79 Å². The highest BCUT2D eigenvalue weighted by Gasteiger charge is 2.36. The van der Waals surface area contributed by atoms with E-state index in [1.165, 1.54) is 10.4 Å². The van der Waals surface area contributed by atoms with Crippen LogP contribution in [0, 0.1) is 6.92 Å². The van der Waals surface area contributed by atoms with E-state index in [1.807, 2.05) is 70.7 Å². The molecule has 1 aromatic heterocycles. The number of aryl methyl sites for hydroxylation is 1. The SMILES string of the molecule is Cc1ccc(OCC2c3ccsc3CCN2C(=O)CN(C(=O)NC(C)C)C(C)(C)C)cc1. The molecule has 3 rings (SSSR count). The molecule has 1 N–H and O–H groups in total. The zero-order valence-corrected chi connectivity index (χ0v) is 20.8. The van der Waals surface area contributed by atoms with E-state index >= 15 is 0 Å². The second kappa shape index (κ2) is 9.94. The van der Waals surface area contributed by atoms with E-state index < -0.39 is 5.54 Å². The smallest absolute Gasteiger partial charge is 0.318 e. The largest absolute Gasteiger partial charge is 0.491 e. The Morgan fingerprint density at radius 2 is 1.91 bits per heavy atom. The highest BCUT2D eigenvalue weighted by Crippen LogP contribution is 2.34. The third-order valence-corrected chi connectivity index (χ3v) is 6.60. The number of ether oxygens (including phenoxy) is 1. The maximum absolute atomic E-state index is 13.5. The average molecular weight is 458 g/mol. The normalized spacial score (nSPS) is 16.0. The van der Waals surface area contributed by atoms with Crippen molar-refractivity contribution in [2.75, 3.05) is 19.7 Å². The van der Waals surface area contributed by atoms with Gasteiger partial charge in [0.15, 0.2) is 0 Å². The van der Waals surface area contributed by atoms with Crippen LogP contribution in [-0.2, 0) is 11.2 Å². The van der Waals surface area contributed by atoms with Gasteiger partial charge in [-0.25, -0.2) is 4.79 Å². The molecule has 1 aromatic carbocycles. The maximum atomic E-state index is 13.5. The van der Waals surface area contributed by atoms with Crippen LogP contribution in [0.15, 0.2) is 35.7 Å². The lowest BCUT2D eigenvalue weighted by atomic mass is 10.00. The molecule has 0 bridgehead atoms. The van der Waals surface area contributed by atoms with Crippen LogP contribution in [0.5, 0.6) is 5.75 Å². The van der Waals surface area contributed by atoms with Crippen molar-refractivity contribution in [1.29, 1.82) is 0 Å². The van der Waals surface area contributed by atoms with E-state index in [4.69, 9.17) is 4.74 Å². The molecule has 2 heterocycles. The Kier molecular flexibility index (Phi) is 7.49. The number of thiophene rings is 1. The summed E-state index contributed by atoms with van der Waals surface area (Å²) in [6, 6.07) is 9.65. The molecule has 1 unspecified atom stereocenters. The predicted octanol–water partition coefficient (Wildman–Crippen LogP) is 4.78. The summed E-state index contributed by atoms with van der Waals surface area (Å²) in [6.45, 7) is 12.8. The first-order chi connectivity index (χ1) is 15.1. The number of amides is 3. The lowest BCUT2D eigenvalue weighted by molar-refractivity contribution is -0.136. The second-order valence-corrected chi connectivity index (χ2v) is 10.6. The van der Waals surface area contributed by atoms with E-state index in [0.29, 0.717) is 13.2 Å². The standard InChI is InChI=1S/C25H35N3O3S/c1-17(2)26-24(30)28(25(4,5)6)15-23(29)27-13-11-22-20(12-14-32-22)21(27)16-31-19-9-7-18(3)8-10-19/h7-10,12,14,17,21H,11,13,15-16H2,1-6H3,(H,26,30). The summed E-state index contributed by atoms with van der Waals surface area (Å²) in [6.07, 6.45) is 0.827. The molecule has 6 nitrogen and oxygen atoms in total. The first-order valence-electron chi connectivity index (χ1n) is 11.2. The Morgan fingerprint density at radius 1 is 1.22 bits per heavy atom. The molecule has 7 heteroatoms. The first-order valence-corrected chi connectivity index (χ1v) is 12.1. The zero-order valence-electron chi connectivity index (χ0n) is 20.0. The Labute approximate surface area is 195 Å². The first kappa shape index (κ1) is 24.1. The number of fused-ring (bicyclic) bond motifs is 1. The molecule has 174 valence electrons. The maximum Gasteiger partial charge on any atom is 0.318 e. The molecular formula is C25H35N3O3S. The highest BCUT2D eigenvalue weighted by molar-refractivity contribution is 7.10. The summed E-state index contributed by atoms with van der Waals surface area (Å²) in [5, 5.41) is 5.00. The highest BCUT2D eigenvalue weighted by atomic mass is 32.1. The van der Waals surface area contributed by atoms with E-state index in [9.17, 15) is 9.59 Å². The Morgan fingerprint density at radius 3 is 2.53 bits per heavy atom. The molecule has 1 aliphatic heterocycles. The van der Waals surface area contributed by atoms with Crippen LogP contribution in [0.1, 0.15) is 56.7 Å². The number of nitrogens with one attached hydrogen (secondary N) is 1. The van der Waals surface area contributed by atoms with Gasteiger partial charge in [0.2, 0.25) is 5.91 Å². The van der Waals surface area contributed by atoms with E-state index in [-0.39, 0.29) is 30.6 Å². The van der Waals surface area contributed by atoms with Crippen LogP contribution in [0.2, 0.25) is 0 Å². The molecule has 0 fully saturated rings. The van der Waals surface area contributed by atoms with Crippen molar-refractivity contribution in [1.82, 2.24) is 15.1 Å². The minimum absolute atomic E-state index is 0.00135. The third kappa shape index (κ3) is 5.82. The monoisotopic (exact) mass is 457 g/mol. The van der Waals surface area contributed by atoms with E-state index in [1.54, 1.807) is 16.2 Å². The number of benzene rings is 1. The van der Waals surface area contributed by atoms with Gasteiger partial charge in [-0.3, -0.25) is 4.79 Å². The molecule has 32 heavy (non-hydrogen) atoms. The van der Waals surface area contributed by atoms with Gasteiger partial charge >= 0.3 is 6.03 Å². The molecule has 0 radical (unpaired) electrons. The number of hydrogen-bond donors (Lipinski definition) is 1. The van der Waals surface area contributed by atoms with Crippen molar-refractivity contribution in [3.63, 3.8) is 0 Å². The molecular weight excluding hydrogens is 422 g/mol.